The molecule has 1 aromatic rings. The first kappa shape index (κ1) is 11.7. The Labute approximate surface area is 108 Å². The number of hydrogen-bond acceptors (Lipinski definition) is 4. The first-order valence-electron chi connectivity index (χ1n) is 6.54. The molecule has 0 aromatic heterocycles. The van der Waals surface area contributed by atoms with Crippen LogP contribution in [-0.4, -0.2) is 38.4 Å². The molecule has 4 heteroatoms. The van der Waals surface area contributed by atoms with Gasteiger partial charge in [0.25, 0.3) is 0 Å². The number of nitrogens with one attached hydrogen (secondary N) is 1. The molecule has 2 aliphatic heterocycles. The van der Waals surface area contributed by atoms with Gasteiger partial charge in [0.2, 0.25) is 0 Å². The summed E-state index contributed by atoms with van der Waals surface area (Å²) in [5, 5.41) is 3.52. The van der Waals surface area contributed by atoms with Gasteiger partial charge in [0.1, 0.15) is 13.2 Å². The lowest BCUT2D eigenvalue weighted by molar-refractivity contribution is 0.171. The van der Waals surface area contributed by atoms with E-state index in [0.717, 1.165) is 36.8 Å². The minimum Gasteiger partial charge on any atom is -0.486 e. The second-order valence-corrected chi connectivity index (χ2v) is 5.53. The number of ether oxygens (including phenoxy) is 2. The summed E-state index contributed by atoms with van der Waals surface area (Å²) < 4.78 is 11.4. The van der Waals surface area contributed by atoms with Gasteiger partial charge < -0.3 is 19.7 Å². The van der Waals surface area contributed by atoms with Crippen molar-refractivity contribution in [2.24, 2.45) is 0 Å². The quantitative estimate of drug-likeness (QED) is 0.819. The molecule has 2 aliphatic rings. The summed E-state index contributed by atoms with van der Waals surface area (Å²) in [5.41, 5.74) is 1.29. The maximum absolute atomic E-state index is 5.79. The lowest BCUT2D eigenvalue weighted by atomic mass is 10.0. The van der Waals surface area contributed by atoms with Gasteiger partial charge in [0.05, 0.1) is 5.69 Å². The summed E-state index contributed by atoms with van der Waals surface area (Å²) in [6.45, 7) is 8.72. The van der Waals surface area contributed by atoms with Gasteiger partial charge in [-0.2, -0.15) is 0 Å². The van der Waals surface area contributed by atoms with Crippen LogP contribution in [0.4, 0.5) is 5.69 Å². The Balaban J connectivity index is 1.92. The monoisotopic (exact) mass is 248 g/mol. The van der Waals surface area contributed by atoms with Crippen molar-refractivity contribution in [1.29, 1.82) is 0 Å². The van der Waals surface area contributed by atoms with E-state index in [1.807, 2.05) is 12.1 Å². The zero-order valence-corrected chi connectivity index (χ0v) is 11.0. The molecule has 0 unspecified atom stereocenters. The van der Waals surface area contributed by atoms with Crippen molar-refractivity contribution in [3.8, 4) is 11.5 Å². The molecule has 4 nitrogen and oxygen atoms in total. The Morgan fingerprint density at radius 3 is 2.89 bits per heavy atom. The summed E-state index contributed by atoms with van der Waals surface area (Å²) in [6.07, 6.45) is 0. The van der Waals surface area contributed by atoms with Crippen LogP contribution in [0.3, 0.4) is 0 Å². The van der Waals surface area contributed by atoms with Crippen molar-refractivity contribution in [3.63, 3.8) is 0 Å². The Kier molecular flexibility index (Phi) is 2.82. The molecule has 0 aliphatic carbocycles. The minimum absolute atomic E-state index is 0.135. The second-order valence-electron chi connectivity index (χ2n) is 5.53. The normalized spacial score (nSPS) is 21.8. The van der Waals surface area contributed by atoms with E-state index in [2.05, 4.69) is 30.1 Å². The highest BCUT2D eigenvalue weighted by atomic mass is 16.6. The number of nitrogens with zero attached hydrogens (tertiary/aromatic N) is 1. The first-order chi connectivity index (χ1) is 8.66. The zero-order valence-electron chi connectivity index (χ0n) is 11.0. The first-order valence-corrected chi connectivity index (χ1v) is 6.54. The Bertz CT molecular complexity index is 445. The van der Waals surface area contributed by atoms with Gasteiger partial charge >= 0.3 is 0 Å². The van der Waals surface area contributed by atoms with E-state index in [1.54, 1.807) is 0 Å². The molecular weight excluding hydrogens is 228 g/mol. The highest BCUT2D eigenvalue weighted by molar-refractivity contribution is 5.65. The van der Waals surface area contributed by atoms with Gasteiger partial charge in [-0.25, -0.2) is 0 Å². The number of piperazine rings is 1. The van der Waals surface area contributed by atoms with E-state index in [0.29, 0.717) is 13.2 Å². The van der Waals surface area contributed by atoms with E-state index in [-0.39, 0.29) is 5.54 Å². The fourth-order valence-corrected chi connectivity index (χ4v) is 2.65. The Morgan fingerprint density at radius 2 is 2.06 bits per heavy atom. The summed E-state index contributed by atoms with van der Waals surface area (Å²) in [7, 11) is 0. The van der Waals surface area contributed by atoms with Crippen LogP contribution in [0.1, 0.15) is 13.8 Å². The zero-order chi connectivity index (χ0) is 12.6. The Morgan fingerprint density at radius 1 is 1.22 bits per heavy atom. The van der Waals surface area contributed by atoms with Crippen LogP contribution < -0.4 is 19.7 Å². The number of benzene rings is 1. The maximum Gasteiger partial charge on any atom is 0.184 e. The molecule has 98 valence electrons. The highest BCUT2D eigenvalue weighted by Crippen LogP contribution is 2.40. The molecule has 1 fully saturated rings. The average Bonchev–Trinajstić information content (AvgIpc) is 2.37. The fraction of sp³-hybridized carbons (Fsp3) is 0.571. The highest BCUT2D eigenvalue weighted by Gasteiger charge is 2.28. The van der Waals surface area contributed by atoms with Gasteiger partial charge in [-0.1, -0.05) is 6.07 Å². The molecule has 3 rings (SSSR count). The van der Waals surface area contributed by atoms with E-state index in [4.69, 9.17) is 9.47 Å². The lowest BCUT2D eigenvalue weighted by Crippen LogP contribution is -2.57. The van der Waals surface area contributed by atoms with Gasteiger partial charge in [0.15, 0.2) is 11.5 Å². The van der Waals surface area contributed by atoms with Crippen molar-refractivity contribution >= 4 is 5.69 Å². The van der Waals surface area contributed by atoms with Crippen LogP contribution in [0.25, 0.3) is 0 Å². The number of rotatable bonds is 1. The van der Waals surface area contributed by atoms with Crippen LogP contribution in [0.2, 0.25) is 0 Å². The molecule has 0 bridgehead atoms. The summed E-state index contributed by atoms with van der Waals surface area (Å²) >= 11 is 0. The molecule has 2 heterocycles. The van der Waals surface area contributed by atoms with E-state index >= 15 is 0 Å². The predicted molar refractivity (Wildman–Crippen MR) is 71.7 cm³/mol. The van der Waals surface area contributed by atoms with Gasteiger partial charge in [0, 0.05) is 25.2 Å². The molecule has 0 atom stereocenters. The van der Waals surface area contributed by atoms with Crippen LogP contribution in [-0.2, 0) is 0 Å². The molecule has 1 saturated heterocycles. The third-order valence-corrected chi connectivity index (χ3v) is 3.46. The van der Waals surface area contributed by atoms with Crippen LogP contribution in [0.15, 0.2) is 18.2 Å². The molecule has 1 N–H and O–H groups in total. The van der Waals surface area contributed by atoms with Gasteiger partial charge in [-0.3, -0.25) is 0 Å². The second kappa shape index (κ2) is 4.35. The number of fused-ring (bicyclic) bond motifs is 1. The van der Waals surface area contributed by atoms with Crippen LogP contribution in [0, 0.1) is 0 Å². The van der Waals surface area contributed by atoms with Crippen molar-refractivity contribution in [1.82, 2.24) is 5.32 Å². The minimum atomic E-state index is 0.135. The molecule has 0 amide bonds. The van der Waals surface area contributed by atoms with Crippen LogP contribution >= 0.6 is 0 Å². The Hall–Kier alpha value is -1.42. The standard InChI is InChI=1S/C14H20N2O2/c1-14(2)10-16(7-6-15-14)11-4-3-5-12-13(11)18-9-8-17-12/h3-5,15H,6-10H2,1-2H3. The summed E-state index contributed by atoms with van der Waals surface area (Å²) in [6, 6.07) is 6.14. The fourth-order valence-electron chi connectivity index (χ4n) is 2.65. The maximum atomic E-state index is 5.79. The predicted octanol–water partition coefficient (Wildman–Crippen LogP) is 1.65. The molecule has 0 radical (unpaired) electrons. The third kappa shape index (κ3) is 2.12. The number of hydrogen-bond donors (Lipinski definition) is 1. The van der Waals surface area contributed by atoms with Crippen LogP contribution in [0.5, 0.6) is 11.5 Å². The topological polar surface area (TPSA) is 33.7 Å². The van der Waals surface area contributed by atoms with E-state index in [1.165, 1.54) is 0 Å². The van der Waals surface area contributed by atoms with Gasteiger partial charge in [-0.15, -0.1) is 0 Å². The molecule has 18 heavy (non-hydrogen) atoms. The average molecular weight is 248 g/mol. The van der Waals surface area contributed by atoms with Crippen molar-refractivity contribution in [2.75, 3.05) is 37.7 Å². The molecular formula is C14H20N2O2. The van der Waals surface area contributed by atoms with Crippen molar-refractivity contribution in [3.05, 3.63) is 18.2 Å². The van der Waals surface area contributed by atoms with Crippen molar-refractivity contribution < 1.29 is 9.47 Å². The lowest BCUT2D eigenvalue weighted by Gasteiger charge is -2.41. The molecule has 0 saturated carbocycles. The van der Waals surface area contributed by atoms with Crippen molar-refractivity contribution in [2.45, 2.75) is 19.4 Å². The number of anilines is 1. The summed E-state index contributed by atoms with van der Waals surface area (Å²) in [4.78, 5) is 2.38. The van der Waals surface area contributed by atoms with E-state index in [9.17, 15) is 0 Å². The third-order valence-electron chi connectivity index (χ3n) is 3.46. The summed E-state index contributed by atoms with van der Waals surface area (Å²) in [5.74, 6) is 1.77. The molecule has 0 spiro atoms. The van der Waals surface area contributed by atoms with E-state index < -0.39 is 0 Å². The smallest absolute Gasteiger partial charge is 0.184 e. The SMILES string of the molecule is CC1(C)CN(c2cccc3c2OCCO3)CCN1. The number of para-hydroxylation sites is 1. The largest absolute Gasteiger partial charge is 0.486 e. The molecule has 1 aromatic carbocycles. The van der Waals surface area contributed by atoms with Gasteiger partial charge in [-0.05, 0) is 26.0 Å².